The second-order valence-electron chi connectivity index (χ2n) is 3.84. The number of rotatable bonds is 4. The van der Waals surface area contributed by atoms with Gasteiger partial charge in [-0.2, -0.15) is 4.57 Å². The van der Waals surface area contributed by atoms with E-state index in [1.165, 1.54) is 15.2 Å². The Bertz CT molecular complexity index is 542. The van der Waals surface area contributed by atoms with E-state index in [4.69, 9.17) is 4.74 Å². The molecule has 0 amide bonds. The van der Waals surface area contributed by atoms with Gasteiger partial charge in [0.2, 0.25) is 5.52 Å². The molecule has 2 nitrogen and oxygen atoms in total. The summed E-state index contributed by atoms with van der Waals surface area (Å²) < 4.78 is 9.14. The average molecular weight is 248 g/mol. The predicted octanol–water partition coefficient (Wildman–Crippen LogP) is 3.61. The van der Waals surface area contributed by atoms with Gasteiger partial charge in [-0.25, -0.2) is 0 Å². The number of ether oxygens (including phenoxy) is 1. The third-order valence-corrected chi connectivity index (χ3v) is 3.76. The summed E-state index contributed by atoms with van der Waals surface area (Å²) in [6.07, 6.45) is 2.12. The SMILES string of the molecule is CCO/C(C)=C\c1sc2ccccc2[n+]1CC. The minimum atomic E-state index is 0.722. The van der Waals surface area contributed by atoms with Gasteiger partial charge in [0.05, 0.1) is 12.7 Å². The topological polar surface area (TPSA) is 13.1 Å². The maximum absolute atomic E-state index is 5.50. The Morgan fingerprint density at radius 1 is 1.35 bits per heavy atom. The highest BCUT2D eigenvalue weighted by atomic mass is 32.1. The molecule has 2 aromatic rings. The molecule has 0 atom stereocenters. The molecule has 1 aromatic carbocycles. The van der Waals surface area contributed by atoms with Crippen molar-refractivity contribution in [3.05, 3.63) is 35.0 Å². The van der Waals surface area contributed by atoms with Crippen molar-refractivity contribution >= 4 is 27.6 Å². The van der Waals surface area contributed by atoms with Gasteiger partial charge < -0.3 is 4.74 Å². The lowest BCUT2D eigenvalue weighted by atomic mass is 10.3. The molecule has 2 rings (SSSR count). The first kappa shape index (κ1) is 12.1. The molecule has 0 radical (unpaired) electrons. The summed E-state index contributed by atoms with van der Waals surface area (Å²) in [5.41, 5.74) is 1.30. The van der Waals surface area contributed by atoms with Gasteiger partial charge in [-0.3, -0.25) is 0 Å². The highest BCUT2D eigenvalue weighted by molar-refractivity contribution is 7.18. The van der Waals surface area contributed by atoms with Crippen molar-refractivity contribution in [3.63, 3.8) is 0 Å². The van der Waals surface area contributed by atoms with Crippen LogP contribution in [0.25, 0.3) is 16.3 Å². The number of allylic oxidation sites excluding steroid dienone is 1. The summed E-state index contributed by atoms with van der Waals surface area (Å²) in [6.45, 7) is 7.89. The largest absolute Gasteiger partial charge is 0.498 e. The van der Waals surface area contributed by atoms with Crippen LogP contribution >= 0.6 is 11.3 Å². The summed E-state index contributed by atoms with van der Waals surface area (Å²) in [5.74, 6) is 0.973. The Morgan fingerprint density at radius 3 is 2.82 bits per heavy atom. The number of para-hydroxylation sites is 1. The minimum Gasteiger partial charge on any atom is -0.498 e. The van der Waals surface area contributed by atoms with Crippen LogP contribution in [0.2, 0.25) is 0 Å². The van der Waals surface area contributed by atoms with E-state index in [9.17, 15) is 0 Å². The van der Waals surface area contributed by atoms with E-state index in [0.717, 1.165) is 18.9 Å². The van der Waals surface area contributed by atoms with E-state index in [-0.39, 0.29) is 0 Å². The van der Waals surface area contributed by atoms with Gasteiger partial charge in [-0.1, -0.05) is 23.5 Å². The maximum atomic E-state index is 5.50. The molecule has 1 aromatic heterocycles. The van der Waals surface area contributed by atoms with Crippen LogP contribution in [0.1, 0.15) is 25.8 Å². The molecule has 0 aliphatic rings. The van der Waals surface area contributed by atoms with Gasteiger partial charge >= 0.3 is 0 Å². The van der Waals surface area contributed by atoms with Crippen LogP contribution in [-0.2, 0) is 11.3 Å². The van der Waals surface area contributed by atoms with Crippen molar-refractivity contribution in [2.45, 2.75) is 27.3 Å². The maximum Gasteiger partial charge on any atom is 0.266 e. The van der Waals surface area contributed by atoms with Crippen molar-refractivity contribution in [1.82, 2.24) is 0 Å². The van der Waals surface area contributed by atoms with Crippen LogP contribution in [0, 0.1) is 0 Å². The van der Waals surface area contributed by atoms with Crippen molar-refractivity contribution in [1.29, 1.82) is 0 Å². The molecule has 17 heavy (non-hydrogen) atoms. The molecule has 90 valence electrons. The van der Waals surface area contributed by atoms with E-state index < -0.39 is 0 Å². The summed E-state index contributed by atoms with van der Waals surface area (Å²) in [7, 11) is 0. The lowest BCUT2D eigenvalue weighted by Crippen LogP contribution is -2.33. The number of hydrogen-bond donors (Lipinski definition) is 0. The molecule has 0 unspecified atom stereocenters. The number of aromatic nitrogens is 1. The molecule has 3 heteroatoms. The van der Waals surface area contributed by atoms with Gasteiger partial charge in [0.25, 0.3) is 5.01 Å². The second-order valence-corrected chi connectivity index (χ2v) is 4.90. The van der Waals surface area contributed by atoms with Crippen molar-refractivity contribution < 1.29 is 9.30 Å². The highest BCUT2D eigenvalue weighted by Crippen LogP contribution is 2.22. The fourth-order valence-electron chi connectivity index (χ4n) is 1.93. The molecule has 0 N–H and O–H groups in total. The molecule has 1 heterocycles. The number of hydrogen-bond acceptors (Lipinski definition) is 2. The summed E-state index contributed by atoms with van der Waals surface area (Å²) >= 11 is 1.81. The first-order valence-electron chi connectivity index (χ1n) is 5.98. The molecule has 0 aliphatic carbocycles. The highest BCUT2D eigenvalue weighted by Gasteiger charge is 2.16. The zero-order valence-electron chi connectivity index (χ0n) is 10.6. The molecule has 0 fully saturated rings. The van der Waals surface area contributed by atoms with Gasteiger partial charge in [-0.05, 0) is 26.8 Å². The quantitative estimate of drug-likeness (QED) is 0.595. The third-order valence-electron chi connectivity index (χ3n) is 2.65. The Labute approximate surface area is 106 Å². The first-order valence-corrected chi connectivity index (χ1v) is 6.80. The van der Waals surface area contributed by atoms with Crippen LogP contribution < -0.4 is 4.57 Å². The Balaban J connectivity index is 2.50. The molecular formula is C14H18NOS+. The predicted molar refractivity (Wildman–Crippen MR) is 73.0 cm³/mol. The van der Waals surface area contributed by atoms with Gasteiger partial charge in [0.15, 0.2) is 0 Å². The fraction of sp³-hybridized carbons (Fsp3) is 0.357. The number of aryl methyl sites for hydroxylation is 1. The molecular weight excluding hydrogens is 230 g/mol. The van der Waals surface area contributed by atoms with E-state index in [1.54, 1.807) is 0 Å². The number of thiazole rings is 1. The van der Waals surface area contributed by atoms with Crippen LogP contribution in [-0.4, -0.2) is 6.61 Å². The van der Waals surface area contributed by atoms with Gasteiger partial charge in [0, 0.05) is 6.07 Å². The van der Waals surface area contributed by atoms with E-state index >= 15 is 0 Å². The fourth-order valence-corrected chi connectivity index (χ4v) is 3.15. The van der Waals surface area contributed by atoms with Crippen LogP contribution in [0.4, 0.5) is 0 Å². The zero-order chi connectivity index (χ0) is 12.3. The molecule has 0 bridgehead atoms. The van der Waals surface area contributed by atoms with E-state index in [1.807, 2.05) is 25.2 Å². The number of benzene rings is 1. The normalized spacial score (nSPS) is 12.1. The summed E-state index contributed by atoms with van der Waals surface area (Å²) in [6, 6.07) is 8.51. The van der Waals surface area contributed by atoms with Crippen molar-refractivity contribution in [2.24, 2.45) is 0 Å². The monoisotopic (exact) mass is 248 g/mol. The van der Waals surface area contributed by atoms with Crippen LogP contribution in [0.5, 0.6) is 0 Å². The van der Waals surface area contributed by atoms with Gasteiger partial charge in [-0.15, -0.1) is 0 Å². The molecule has 0 aliphatic heterocycles. The zero-order valence-corrected chi connectivity index (χ0v) is 11.4. The van der Waals surface area contributed by atoms with E-state index in [0.29, 0.717) is 0 Å². The minimum absolute atomic E-state index is 0.722. The van der Waals surface area contributed by atoms with Crippen LogP contribution in [0.3, 0.4) is 0 Å². The lowest BCUT2D eigenvalue weighted by Gasteiger charge is -1.99. The standard InChI is InChI=1S/C14H18NOS/c1-4-15-12-8-6-7-9-13(12)17-14(15)10-11(3)16-5-2/h6-10H,4-5H2,1-3H3/q+1/b11-10-. The lowest BCUT2D eigenvalue weighted by molar-refractivity contribution is -0.665. The molecule has 0 spiro atoms. The molecule has 0 saturated heterocycles. The van der Waals surface area contributed by atoms with Crippen molar-refractivity contribution in [3.8, 4) is 0 Å². The number of fused-ring (bicyclic) bond motifs is 1. The second kappa shape index (κ2) is 5.32. The summed E-state index contributed by atoms with van der Waals surface area (Å²) in [5, 5.41) is 1.25. The third kappa shape index (κ3) is 2.50. The van der Waals surface area contributed by atoms with Crippen molar-refractivity contribution in [2.75, 3.05) is 6.61 Å². The number of nitrogens with zero attached hydrogens (tertiary/aromatic N) is 1. The Kier molecular flexibility index (Phi) is 3.79. The summed E-state index contributed by atoms with van der Waals surface area (Å²) in [4.78, 5) is 0. The smallest absolute Gasteiger partial charge is 0.266 e. The van der Waals surface area contributed by atoms with Crippen LogP contribution in [0.15, 0.2) is 30.0 Å². The Morgan fingerprint density at radius 2 is 2.12 bits per heavy atom. The first-order chi connectivity index (χ1) is 8.26. The molecule has 0 saturated carbocycles. The van der Waals surface area contributed by atoms with Gasteiger partial charge in [0.1, 0.15) is 17.0 Å². The van der Waals surface area contributed by atoms with E-state index in [2.05, 4.69) is 41.8 Å². The average Bonchev–Trinajstić information content (AvgIpc) is 2.66. The Hall–Kier alpha value is -1.35.